The second kappa shape index (κ2) is 10.3. The molecule has 0 bridgehead atoms. The zero-order valence-corrected chi connectivity index (χ0v) is 21.1. The number of nitrogens with zero attached hydrogens (tertiary/aromatic N) is 1. The van der Waals surface area contributed by atoms with Crippen LogP contribution in [0.4, 0.5) is 26.3 Å². The summed E-state index contributed by atoms with van der Waals surface area (Å²) in [6.45, 7) is 7.45. The summed E-state index contributed by atoms with van der Waals surface area (Å²) in [5, 5.41) is 0. The third-order valence-electron chi connectivity index (χ3n) is 6.95. The van der Waals surface area contributed by atoms with Crippen molar-refractivity contribution >= 4 is 5.57 Å². The molecule has 0 spiro atoms. The molecular weight excluding hydrogens is 520 g/mol. The average Bonchev–Trinajstić information content (AvgIpc) is 3.21. The lowest BCUT2D eigenvalue weighted by molar-refractivity contribution is 0.124. The second-order valence-corrected chi connectivity index (χ2v) is 9.29. The first-order valence-electron chi connectivity index (χ1n) is 12.1. The van der Waals surface area contributed by atoms with E-state index in [1.165, 1.54) is 0 Å². The van der Waals surface area contributed by atoms with E-state index in [9.17, 15) is 26.3 Å². The molecule has 0 aliphatic carbocycles. The van der Waals surface area contributed by atoms with Gasteiger partial charge < -0.3 is 9.47 Å². The van der Waals surface area contributed by atoms with Gasteiger partial charge in [0.05, 0.1) is 0 Å². The molecule has 3 aromatic rings. The summed E-state index contributed by atoms with van der Waals surface area (Å²) in [4.78, 5) is 2.05. The number of allylic oxidation sites excluding steroid dienone is 5. The van der Waals surface area contributed by atoms with Crippen LogP contribution in [0.25, 0.3) is 27.8 Å². The van der Waals surface area contributed by atoms with Gasteiger partial charge in [0.15, 0.2) is 34.9 Å². The van der Waals surface area contributed by atoms with E-state index < -0.39 is 34.9 Å². The van der Waals surface area contributed by atoms with Crippen LogP contribution in [0.5, 0.6) is 11.5 Å². The predicted octanol–water partition coefficient (Wildman–Crippen LogP) is 8.54. The lowest BCUT2D eigenvalue weighted by Gasteiger charge is -2.22. The Labute approximate surface area is 221 Å². The summed E-state index contributed by atoms with van der Waals surface area (Å²) >= 11 is 0. The first kappa shape index (κ1) is 26.6. The summed E-state index contributed by atoms with van der Waals surface area (Å²) in [6.07, 6.45) is 0.899. The van der Waals surface area contributed by atoms with E-state index in [1.807, 2.05) is 11.8 Å². The van der Waals surface area contributed by atoms with Gasteiger partial charge in [0.2, 0.25) is 6.79 Å². The van der Waals surface area contributed by atoms with Crippen LogP contribution in [-0.4, -0.2) is 18.2 Å². The maximum atomic E-state index is 14.4. The van der Waals surface area contributed by atoms with Crippen molar-refractivity contribution in [2.45, 2.75) is 26.9 Å². The Morgan fingerprint density at radius 1 is 0.923 bits per heavy atom. The SMILES string of the molecule is C=C(F)/C(F)=C(F)\C=C(/C)c1ccc2c3c1CN(CC)Cc1c(-c4cc(F)c(F)c(F)c4)ccc(c1-3)OCO2. The van der Waals surface area contributed by atoms with Crippen molar-refractivity contribution in [1.82, 2.24) is 4.90 Å². The van der Waals surface area contributed by atoms with Crippen LogP contribution in [0.3, 0.4) is 0 Å². The third kappa shape index (κ3) is 4.71. The van der Waals surface area contributed by atoms with Gasteiger partial charge in [0.25, 0.3) is 0 Å². The molecule has 0 saturated heterocycles. The third-order valence-corrected chi connectivity index (χ3v) is 6.95. The van der Waals surface area contributed by atoms with Crippen LogP contribution >= 0.6 is 0 Å². The van der Waals surface area contributed by atoms with Crippen LogP contribution < -0.4 is 9.47 Å². The highest BCUT2D eigenvalue weighted by Gasteiger charge is 2.31. The van der Waals surface area contributed by atoms with E-state index in [0.29, 0.717) is 64.5 Å². The number of hydrogen-bond acceptors (Lipinski definition) is 3. The lowest BCUT2D eigenvalue weighted by atomic mass is 9.86. The van der Waals surface area contributed by atoms with Crippen molar-refractivity contribution in [2.24, 2.45) is 0 Å². The van der Waals surface area contributed by atoms with Crippen LogP contribution in [0.15, 0.2) is 66.5 Å². The molecule has 9 heteroatoms. The van der Waals surface area contributed by atoms with Crippen LogP contribution in [-0.2, 0) is 13.1 Å². The molecule has 3 aromatic carbocycles. The van der Waals surface area contributed by atoms with Gasteiger partial charge in [-0.15, -0.1) is 0 Å². The fraction of sp³-hybridized carbons (Fsp3) is 0.200. The number of ether oxygens (including phenoxy) is 2. The molecule has 0 amide bonds. The van der Waals surface area contributed by atoms with Gasteiger partial charge in [-0.05, 0) is 77.2 Å². The van der Waals surface area contributed by atoms with Gasteiger partial charge in [-0.25, -0.2) is 26.3 Å². The Morgan fingerprint density at radius 3 is 2.13 bits per heavy atom. The number of benzene rings is 3. The summed E-state index contributed by atoms with van der Waals surface area (Å²) in [7, 11) is 0. The zero-order valence-electron chi connectivity index (χ0n) is 21.1. The highest BCUT2D eigenvalue weighted by Crippen LogP contribution is 2.50. The van der Waals surface area contributed by atoms with Crippen molar-refractivity contribution in [3.63, 3.8) is 0 Å². The first-order valence-corrected chi connectivity index (χ1v) is 12.1. The van der Waals surface area contributed by atoms with Gasteiger partial charge in [0, 0.05) is 24.2 Å². The maximum Gasteiger partial charge on any atom is 0.230 e. The molecule has 202 valence electrons. The van der Waals surface area contributed by atoms with E-state index in [4.69, 9.17) is 9.47 Å². The van der Waals surface area contributed by atoms with Gasteiger partial charge in [0.1, 0.15) is 11.5 Å². The highest BCUT2D eigenvalue weighted by atomic mass is 19.2. The Kier molecular flexibility index (Phi) is 7.03. The Morgan fingerprint density at radius 2 is 1.51 bits per heavy atom. The molecule has 2 aliphatic heterocycles. The summed E-state index contributed by atoms with van der Waals surface area (Å²) in [6, 6.07) is 8.57. The van der Waals surface area contributed by atoms with Crippen molar-refractivity contribution in [3.8, 4) is 33.8 Å². The molecular formula is C30H23F6NO2. The summed E-state index contributed by atoms with van der Waals surface area (Å²) in [5.41, 5.74) is 4.15. The van der Waals surface area contributed by atoms with E-state index in [2.05, 4.69) is 6.58 Å². The molecule has 3 nitrogen and oxygen atoms in total. The number of halogens is 6. The van der Waals surface area contributed by atoms with Crippen molar-refractivity contribution in [3.05, 3.63) is 101 Å². The average molecular weight is 544 g/mol. The summed E-state index contributed by atoms with van der Waals surface area (Å²) in [5.74, 6) is -7.85. The molecule has 0 N–H and O–H groups in total. The van der Waals surface area contributed by atoms with Crippen molar-refractivity contribution in [1.29, 1.82) is 0 Å². The Bertz CT molecular complexity index is 1550. The smallest absolute Gasteiger partial charge is 0.230 e. The lowest BCUT2D eigenvalue weighted by Crippen LogP contribution is -2.22. The van der Waals surface area contributed by atoms with Crippen LogP contribution in [0, 0.1) is 17.5 Å². The van der Waals surface area contributed by atoms with Gasteiger partial charge in [-0.2, -0.15) is 0 Å². The normalized spacial score (nSPS) is 15.4. The number of hydrogen-bond donors (Lipinski definition) is 0. The minimum absolute atomic E-state index is 0.106. The molecule has 0 atom stereocenters. The molecule has 5 rings (SSSR count). The van der Waals surface area contributed by atoms with Crippen molar-refractivity contribution in [2.75, 3.05) is 13.3 Å². The van der Waals surface area contributed by atoms with E-state index in [1.54, 1.807) is 31.2 Å². The quantitative estimate of drug-likeness (QED) is 0.183. The van der Waals surface area contributed by atoms with Gasteiger partial charge in [-0.1, -0.05) is 25.6 Å². The fourth-order valence-electron chi connectivity index (χ4n) is 5.06. The van der Waals surface area contributed by atoms with E-state index >= 15 is 0 Å². The molecule has 0 fully saturated rings. The van der Waals surface area contributed by atoms with Gasteiger partial charge in [-0.3, -0.25) is 4.90 Å². The Hall–Kier alpha value is -3.98. The molecule has 2 heterocycles. The Balaban J connectivity index is 1.81. The first-order chi connectivity index (χ1) is 18.6. The standard InChI is InChI=1S/C30H23F6NO2/c1-4-37-12-20-18(15(2)9-22(32)29(35)16(3)31)5-7-25-27(20)28-21(13-37)19(6-8-26(28)39-14-38-25)17-10-23(33)30(36)24(34)11-17/h5-11H,3-4,12-14H2,1-2H3/b15-9+,29-22-. The molecule has 39 heavy (non-hydrogen) atoms. The van der Waals surface area contributed by atoms with Crippen molar-refractivity contribution < 1.29 is 35.8 Å². The second-order valence-electron chi connectivity index (χ2n) is 9.29. The molecule has 0 unspecified atom stereocenters. The topological polar surface area (TPSA) is 21.7 Å². The summed E-state index contributed by atoms with van der Waals surface area (Å²) < 4.78 is 95.4. The molecule has 0 saturated carbocycles. The van der Waals surface area contributed by atoms with Gasteiger partial charge >= 0.3 is 0 Å². The van der Waals surface area contributed by atoms with E-state index in [-0.39, 0.29) is 12.4 Å². The number of rotatable bonds is 5. The van der Waals surface area contributed by atoms with Crippen LogP contribution in [0.1, 0.15) is 30.5 Å². The van der Waals surface area contributed by atoms with Crippen LogP contribution in [0.2, 0.25) is 0 Å². The molecule has 0 aromatic heterocycles. The minimum Gasteiger partial charge on any atom is -0.457 e. The zero-order chi connectivity index (χ0) is 28.0. The maximum absolute atomic E-state index is 14.4. The minimum atomic E-state index is -1.68. The van der Waals surface area contributed by atoms with E-state index in [0.717, 1.165) is 23.8 Å². The molecule has 0 radical (unpaired) electrons. The monoisotopic (exact) mass is 543 g/mol. The largest absolute Gasteiger partial charge is 0.457 e. The predicted molar refractivity (Wildman–Crippen MR) is 136 cm³/mol. The highest BCUT2D eigenvalue weighted by molar-refractivity contribution is 5.90. The molecule has 2 aliphatic rings. The fourth-order valence-corrected chi connectivity index (χ4v) is 5.06.